The highest BCUT2D eigenvalue weighted by molar-refractivity contribution is 5.92. The van der Waals surface area contributed by atoms with Gasteiger partial charge in [0.15, 0.2) is 0 Å². The van der Waals surface area contributed by atoms with E-state index in [2.05, 4.69) is 22.4 Å². The molecule has 2 N–H and O–H groups in total. The number of hydrogen-bond donors (Lipinski definition) is 2. The van der Waals surface area contributed by atoms with E-state index in [9.17, 15) is 14.9 Å². The average molecular weight is 284 g/mol. The molecular weight excluding hydrogens is 272 g/mol. The van der Waals surface area contributed by atoms with Crippen molar-refractivity contribution in [1.82, 2.24) is 15.8 Å². The number of hydrazine groups is 1. The van der Waals surface area contributed by atoms with Crippen LogP contribution >= 0.6 is 0 Å². The number of nitrogens with zero attached hydrogens (tertiary/aromatic N) is 2. The molecule has 1 aromatic heterocycles. The number of benzene rings is 1. The number of hydrogen-bond acceptors (Lipinski definition) is 5. The Balaban J connectivity index is 2.01. The minimum absolute atomic E-state index is 0.0495. The predicted molar refractivity (Wildman–Crippen MR) is 77.0 cm³/mol. The first kappa shape index (κ1) is 14.2. The molecule has 0 spiro atoms. The lowest BCUT2D eigenvalue weighted by atomic mass is 10.1. The van der Waals surface area contributed by atoms with Gasteiger partial charge in [-0.15, -0.1) is 0 Å². The van der Waals surface area contributed by atoms with Gasteiger partial charge in [-0.25, -0.2) is 0 Å². The summed E-state index contributed by atoms with van der Waals surface area (Å²) in [5, 5.41) is 10.7. The molecule has 7 nitrogen and oxygen atoms in total. The highest BCUT2D eigenvalue weighted by atomic mass is 16.6. The molecule has 0 saturated heterocycles. The summed E-state index contributed by atoms with van der Waals surface area (Å²) in [6.45, 7) is 3.72. The van der Waals surface area contributed by atoms with Gasteiger partial charge in [0.05, 0.1) is 10.6 Å². The lowest BCUT2D eigenvalue weighted by Gasteiger charge is -2.10. The molecule has 0 aliphatic heterocycles. The number of pyridine rings is 1. The Morgan fingerprint density at radius 3 is 2.67 bits per heavy atom. The summed E-state index contributed by atoms with van der Waals surface area (Å²) in [4.78, 5) is 25.9. The molecule has 21 heavy (non-hydrogen) atoms. The van der Waals surface area contributed by atoms with Crippen molar-refractivity contribution in [2.75, 3.05) is 0 Å². The second kappa shape index (κ2) is 6.29. The van der Waals surface area contributed by atoms with Gasteiger partial charge in [0, 0.05) is 23.9 Å². The van der Waals surface area contributed by atoms with Gasteiger partial charge in [-0.05, 0) is 12.1 Å². The number of nitro benzene ring substituents is 1. The lowest BCUT2D eigenvalue weighted by molar-refractivity contribution is -0.384. The molecule has 0 fully saturated rings. The summed E-state index contributed by atoms with van der Waals surface area (Å²) < 4.78 is 0. The van der Waals surface area contributed by atoms with E-state index in [1.807, 2.05) is 0 Å². The summed E-state index contributed by atoms with van der Waals surface area (Å²) in [6, 6.07) is 10.9. The van der Waals surface area contributed by atoms with Crippen LogP contribution in [0.5, 0.6) is 0 Å². The van der Waals surface area contributed by atoms with Crippen LogP contribution in [0.4, 0.5) is 5.69 Å². The van der Waals surface area contributed by atoms with Crippen LogP contribution < -0.4 is 10.9 Å². The third kappa shape index (κ3) is 3.63. The topological polar surface area (TPSA) is 97.2 Å². The summed E-state index contributed by atoms with van der Waals surface area (Å²) in [5.74, 6) is -0.429. The molecule has 0 aliphatic carbocycles. The second-order valence-corrected chi connectivity index (χ2v) is 4.08. The number of carbonyl (C=O) groups excluding carboxylic acids is 1. The summed E-state index contributed by atoms with van der Waals surface area (Å²) in [6.07, 6.45) is 1.50. The molecule has 0 unspecified atom stereocenters. The molecule has 2 rings (SSSR count). The van der Waals surface area contributed by atoms with Crippen LogP contribution in [-0.4, -0.2) is 15.8 Å². The Kier molecular flexibility index (Phi) is 4.25. The smallest absolute Gasteiger partial charge is 0.288 e. The van der Waals surface area contributed by atoms with Gasteiger partial charge >= 0.3 is 0 Å². The van der Waals surface area contributed by atoms with Gasteiger partial charge in [-0.1, -0.05) is 24.8 Å². The van der Waals surface area contributed by atoms with Crippen LogP contribution in [-0.2, 0) is 0 Å². The maximum atomic E-state index is 11.8. The third-order valence-electron chi connectivity index (χ3n) is 2.63. The molecule has 1 aromatic carbocycles. The minimum atomic E-state index is -0.497. The Morgan fingerprint density at radius 2 is 2.00 bits per heavy atom. The summed E-state index contributed by atoms with van der Waals surface area (Å²) >= 11 is 0. The van der Waals surface area contributed by atoms with Crippen molar-refractivity contribution in [2.24, 2.45) is 0 Å². The molecule has 2 aromatic rings. The zero-order chi connectivity index (χ0) is 15.2. The Bertz CT molecular complexity index is 686. The molecule has 1 heterocycles. The number of amides is 1. The van der Waals surface area contributed by atoms with Crippen LogP contribution in [0.1, 0.15) is 16.1 Å². The highest BCUT2D eigenvalue weighted by Crippen LogP contribution is 2.16. The van der Waals surface area contributed by atoms with Crippen LogP contribution in [0, 0.1) is 10.1 Å². The van der Waals surface area contributed by atoms with Crippen molar-refractivity contribution in [3.05, 3.63) is 76.6 Å². The normalized spacial score (nSPS) is 9.71. The Labute approximate surface area is 120 Å². The molecule has 0 saturated carbocycles. The zero-order valence-electron chi connectivity index (χ0n) is 10.9. The molecule has 0 bridgehead atoms. The standard InChI is InChI=1S/C14H12N4O3/c1-10(11-5-4-6-12(9-11)18(20)21)16-17-14(19)13-7-2-3-8-15-13/h2-9,16H,1H2,(H,17,19). The van der Waals surface area contributed by atoms with E-state index in [0.717, 1.165) is 0 Å². The van der Waals surface area contributed by atoms with E-state index in [1.54, 1.807) is 30.3 Å². The largest absolute Gasteiger partial charge is 0.298 e. The number of carbonyl (C=O) groups is 1. The highest BCUT2D eigenvalue weighted by Gasteiger charge is 2.09. The number of non-ortho nitro benzene ring substituents is 1. The number of nitro groups is 1. The van der Waals surface area contributed by atoms with Crippen molar-refractivity contribution in [3.63, 3.8) is 0 Å². The maximum absolute atomic E-state index is 11.8. The minimum Gasteiger partial charge on any atom is -0.298 e. The van der Waals surface area contributed by atoms with Gasteiger partial charge in [0.2, 0.25) is 0 Å². The van der Waals surface area contributed by atoms with Crippen LogP contribution in [0.3, 0.4) is 0 Å². The fourth-order valence-corrected chi connectivity index (χ4v) is 1.57. The van der Waals surface area contributed by atoms with E-state index < -0.39 is 10.8 Å². The van der Waals surface area contributed by atoms with Crippen LogP contribution in [0.2, 0.25) is 0 Å². The molecular formula is C14H12N4O3. The van der Waals surface area contributed by atoms with Crippen molar-refractivity contribution in [2.45, 2.75) is 0 Å². The second-order valence-electron chi connectivity index (χ2n) is 4.08. The fourth-order valence-electron chi connectivity index (χ4n) is 1.57. The molecule has 106 valence electrons. The first-order chi connectivity index (χ1) is 10.1. The summed E-state index contributed by atoms with van der Waals surface area (Å²) in [7, 11) is 0. The maximum Gasteiger partial charge on any atom is 0.288 e. The number of aromatic nitrogens is 1. The summed E-state index contributed by atoms with van der Waals surface area (Å²) in [5.41, 5.74) is 6.07. The van der Waals surface area contributed by atoms with E-state index in [0.29, 0.717) is 11.3 Å². The number of rotatable bonds is 5. The van der Waals surface area contributed by atoms with Gasteiger partial charge in [-0.3, -0.25) is 30.7 Å². The van der Waals surface area contributed by atoms with Crippen LogP contribution in [0.15, 0.2) is 55.2 Å². The lowest BCUT2D eigenvalue weighted by Crippen LogP contribution is -2.36. The molecule has 0 radical (unpaired) electrons. The van der Waals surface area contributed by atoms with E-state index in [1.165, 1.54) is 18.3 Å². The van der Waals surface area contributed by atoms with Crippen molar-refractivity contribution in [3.8, 4) is 0 Å². The Morgan fingerprint density at radius 1 is 1.19 bits per heavy atom. The molecule has 7 heteroatoms. The fraction of sp³-hybridized carbons (Fsp3) is 0. The van der Waals surface area contributed by atoms with Crippen molar-refractivity contribution in [1.29, 1.82) is 0 Å². The van der Waals surface area contributed by atoms with Gasteiger partial charge in [0.25, 0.3) is 11.6 Å². The van der Waals surface area contributed by atoms with Gasteiger partial charge in [-0.2, -0.15) is 0 Å². The van der Waals surface area contributed by atoms with Crippen molar-refractivity contribution < 1.29 is 9.72 Å². The average Bonchev–Trinajstić information content (AvgIpc) is 2.53. The first-order valence-corrected chi connectivity index (χ1v) is 5.99. The molecule has 0 atom stereocenters. The SMILES string of the molecule is C=C(NNC(=O)c1ccccn1)c1cccc([N+](=O)[O-])c1. The predicted octanol–water partition coefficient (Wildman–Crippen LogP) is 1.90. The van der Waals surface area contributed by atoms with Gasteiger partial charge in [0.1, 0.15) is 5.69 Å². The van der Waals surface area contributed by atoms with E-state index in [-0.39, 0.29) is 11.4 Å². The molecule has 1 amide bonds. The third-order valence-corrected chi connectivity index (χ3v) is 2.63. The quantitative estimate of drug-likeness (QED) is 0.645. The Hall–Kier alpha value is -3.22. The monoisotopic (exact) mass is 284 g/mol. The van der Waals surface area contributed by atoms with Gasteiger partial charge < -0.3 is 0 Å². The van der Waals surface area contributed by atoms with E-state index in [4.69, 9.17) is 0 Å². The first-order valence-electron chi connectivity index (χ1n) is 5.99. The molecule has 0 aliphatic rings. The number of nitrogens with one attached hydrogen (secondary N) is 2. The van der Waals surface area contributed by atoms with E-state index >= 15 is 0 Å². The van der Waals surface area contributed by atoms with Crippen molar-refractivity contribution >= 4 is 17.3 Å². The zero-order valence-corrected chi connectivity index (χ0v) is 10.9. The van der Waals surface area contributed by atoms with Crippen LogP contribution in [0.25, 0.3) is 5.70 Å².